The SMILES string of the molecule is Cc1nc(-c2cccc(Cl)c2)sc1C(=O)NC(c1nc(C2CC2)no1)C(C)C. The van der Waals surface area contributed by atoms with Gasteiger partial charge in [-0.25, -0.2) is 4.98 Å². The molecule has 3 aromatic rings. The van der Waals surface area contributed by atoms with E-state index in [1.807, 2.05) is 45.0 Å². The third-order valence-electron chi connectivity index (χ3n) is 4.69. The number of amides is 1. The number of benzene rings is 1. The van der Waals surface area contributed by atoms with Crippen molar-refractivity contribution in [2.45, 2.75) is 45.6 Å². The van der Waals surface area contributed by atoms with Gasteiger partial charge in [0.25, 0.3) is 5.91 Å². The summed E-state index contributed by atoms with van der Waals surface area (Å²) in [5.41, 5.74) is 1.58. The minimum atomic E-state index is -0.344. The topological polar surface area (TPSA) is 80.9 Å². The Bertz CT molecular complexity index is 1010. The Kier molecular flexibility index (Phi) is 5.21. The average molecular weight is 417 g/mol. The van der Waals surface area contributed by atoms with Gasteiger partial charge in [0.15, 0.2) is 5.82 Å². The molecule has 2 heterocycles. The summed E-state index contributed by atoms with van der Waals surface area (Å²) in [6.45, 7) is 5.87. The highest BCUT2D eigenvalue weighted by molar-refractivity contribution is 7.17. The standard InChI is InChI=1S/C20H21ClN4O2S/c1-10(2)15(19-24-17(25-27-19)12-7-8-12)23-18(26)16-11(3)22-20(28-16)13-5-4-6-14(21)9-13/h4-6,9-10,12,15H,7-8H2,1-3H3,(H,23,26). The molecule has 8 heteroatoms. The van der Waals surface area contributed by atoms with Gasteiger partial charge in [0, 0.05) is 16.5 Å². The first-order chi connectivity index (χ1) is 13.4. The van der Waals surface area contributed by atoms with Gasteiger partial charge < -0.3 is 9.84 Å². The first-order valence-corrected chi connectivity index (χ1v) is 10.5. The van der Waals surface area contributed by atoms with Gasteiger partial charge in [0.05, 0.1) is 5.69 Å². The lowest BCUT2D eigenvalue weighted by Crippen LogP contribution is -2.32. The summed E-state index contributed by atoms with van der Waals surface area (Å²) < 4.78 is 5.44. The predicted octanol–water partition coefficient (Wildman–Crippen LogP) is 5.16. The molecule has 1 saturated carbocycles. The lowest BCUT2D eigenvalue weighted by molar-refractivity contribution is 0.0917. The van der Waals surface area contributed by atoms with E-state index >= 15 is 0 Å². The van der Waals surface area contributed by atoms with Crippen LogP contribution in [0.25, 0.3) is 10.6 Å². The molecule has 0 aliphatic heterocycles. The maximum absolute atomic E-state index is 13.0. The normalized spacial score (nSPS) is 15.0. The summed E-state index contributed by atoms with van der Waals surface area (Å²) in [6.07, 6.45) is 2.20. The second-order valence-corrected chi connectivity index (χ2v) is 8.84. The molecule has 0 radical (unpaired) electrons. The molecular formula is C20H21ClN4O2S. The van der Waals surface area contributed by atoms with Crippen molar-refractivity contribution >= 4 is 28.8 Å². The number of hydrogen-bond acceptors (Lipinski definition) is 6. The fourth-order valence-corrected chi connectivity index (χ4v) is 4.11. The third-order valence-corrected chi connectivity index (χ3v) is 6.13. The van der Waals surface area contributed by atoms with Crippen molar-refractivity contribution in [2.24, 2.45) is 5.92 Å². The summed E-state index contributed by atoms with van der Waals surface area (Å²) in [5.74, 6) is 1.53. The van der Waals surface area contributed by atoms with Crippen molar-refractivity contribution in [3.63, 3.8) is 0 Å². The van der Waals surface area contributed by atoms with Crippen molar-refractivity contribution in [3.05, 3.63) is 51.6 Å². The van der Waals surface area contributed by atoms with Crippen LogP contribution in [-0.4, -0.2) is 21.0 Å². The second-order valence-electron chi connectivity index (χ2n) is 7.40. The molecular weight excluding hydrogens is 396 g/mol. The van der Waals surface area contributed by atoms with Crippen LogP contribution < -0.4 is 5.32 Å². The Labute approximate surface area is 172 Å². The fourth-order valence-electron chi connectivity index (χ4n) is 2.95. The molecule has 146 valence electrons. The van der Waals surface area contributed by atoms with E-state index < -0.39 is 0 Å². The first kappa shape index (κ1) is 19.1. The van der Waals surface area contributed by atoms with Gasteiger partial charge in [-0.2, -0.15) is 4.98 Å². The number of thiazole rings is 1. The van der Waals surface area contributed by atoms with E-state index in [4.69, 9.17) is 16.1 Å². The molecule has 6 nitrogen and oxygen atoms in total. The third kappa shape index (κ3) is 3.95. The van der Waals surface area contributed by atoms with Crippen LogP contribution in [0.1, 0.15) is 65.7 Å². The van der Waals surface area contributed by atoms with Crippen LogP contribution in [0.3, 0.4) is 0 Å². The van der Waals surface area contributed by atoms with Gasteiger partial charge in [-0.15, -0.1) is 11.3 Å². The lowest BCUT2D eigenvalue weighted by atomic mass is 10.0. The van der Waals surface area contributed by atoms with Crippen LogP contribution in [0, 0.1) is 12.8 Å². The maximum atomic E-state index is 13.0. The Morgan fingerprint density at radius 3 is 2.79 bits per heavy atom. The molecule has 1 unspecified atom stereocenters. The summed E-state index contributed by atoms with van der Waals surface area (Å²) in [6, 6.07) is 7.11. The van der Waals surface area contributed by atoms with Crippen LogP contribution in [-0.2, 0) is 0 Å². The smallest absolute Gasteiger partial charge is 0.263 e. The van der Waals surface area contributed by atoms with E-state index in [1.54, 1.807) is 0 Å². The highest BCUT2D eigenvalue weighted by Crippen LogP contribution is 2.39. The van der Waals surface area contributed by atoms with Gasteiger partial charge in [0.1, 0.15) is 15.9 Å². The van der Waals surface area contributed by atoms with Crippen LogP contribution in [0.15, 0.2) is 28.8 Å². The largest absolute Gasteiger partial charge is 0.339 e. The number of rotatable bonds is 6. The number of aromatic nitrogens is 3. The van der Waals surface area contributed by atoms with Crippen molar-refractivity contribution in [1.29, 1.82) is 0 Å². The fraction of sp³-hybridized carbons (Fsp3) is 0.400. The van der Waals surface area contributed by atoms with Crippen LogP contribution >= 0.6 is 22.9 Å². The summed E-state index contributed by atoms with van der Waals surface area (Å²) in [5, 5.41) is 8.52. The van der Waals surface area contributed by atoms with Crippen molar-refractivity contribution < 1.29 is 9.32 Å². The van der Waals surface area contributed by atoms with Crippen LogP contribution in [0.2, 0.25) is 5.02 Å². The highest BCUT2D eigenvalue weighted by atomic mass is 35.5. The first-order valence-electron chi connectivity index (χ1n) is 9.30. The Morgan fingerprint density at radius 1 is 1.32 bits per heavy atom. The van der Waals surface area contributed by atoms with Gasteiger partial charge in [-0.1, -0.05) is 42.7 Å². The molecule has 0 bridgehead atoms. The Morgan fingerprint density at radius 2 is 2.11 bits per heavy atom. The number of hydrogen-bond donors (Lipinski definition) is 1. The quantitative estimate of drug-likeness (QED) is 0.600. The minimum Gasteiger partial charge on any atom is -0.339 e. The van der Waals surface area contributed by atoms with Crippen LogP contribution in [0.4, 0.5) is 0 Å². The second kappa shape index (κ2) is 7.64. The number of nitrogens with zero attached hydrogens (tertiary/aromatic N) is 3. The van der Waals surface area contributed by atoms with Gasteiger partial charge in [0.2, 0.25) is 5.89 Å². The van der Waals surface area contributed by atoms with Gasteiger partial charge in [-0.3, -0.25) is 4.79 Å². The highest BCUT2D eigenvalue weighted by Gasteiger charge is 2.32. The Balaban J connectivity index is 1.56. The molecule has 4 rings (SSSR count). The zero-order chi connectivity index (χ0) is 19.8. The minimum absolute atomic E-state index is 0.108. The van der Waals surface area contributed by atoms with Crippen molar-refractivity contribution in [1.82, 2.24) is 20.4 Å². The monoisotopic (exact) mass is 416 g/mol. The number of carbonyl (C=O) groups is 1. The number of halogens is 1. The molecule has 1 aliphatic rings. The molecule has 1 amide bonds. The molecule has 1 aliphatic carbocycles. The molecule has 1 aromatic carbocycles. The molecule has 1 N–H and O–H groups in total. The van der Waals surface area contributed by atoms with E-state index in [2.05, 4.69) is 20.4 Å². The van der Waals surface area contributed by atoms with Crippen molar-refractivity contribution in [3.8, 4) is 10.6 Å². The summed E-state index contributed by atoms with van der Waals surface area (Å²) >= 11 is 7.43. The number of nitrogens with one attached hydrogen (secondary N) is 1. The number of aryl methyl sites for hydroxylation is 1. The van der Waals surface area contributed by atoms with E-state index in [0.717, 1.165) is 29.2 Å². The van der Waals surface area contributed by atoms with E-state index in [1.165, 1.54) is 11.3 Å². The van der Waals surface area contributed by atoms with Crippen LogP contribution in [0.5, 0.6) is 0 Å². The average Bonchev–Trinajstić information content (AvgIpc) is 3.26. The van der Waals surface area contributed by atoms with E-state index in [0.29, 0.717) is 27.4 Å². The van der Waals surface area contributed by atoms with E-state index in [9.17, 15) is 4.79 Å². The molecule has 0 saturated heterocycles. The van der Waals surface area contributed by atoms with Crippen molar-refractivity contribution in [2.75, 3.05) is 0 Å². The summed E-state index contributed by atoms with van der Waals surface area (Å²) in [7, 11) is 0. The maximum Gasteiger partial charge on any atom is 0.263 e. The predicted molar refractivity (Wildman–Crippen MR) is 109 cm³/mol. The summed E-state index contributed by atoms with van der Waals surface area (Å²) in [4.78, 5) is 22.6. The molecule has 28 heavy (non-hydrogen) atoms. The Hall–Kier alpha value is -2.25. The molecule has 1 fully saturated rings. The molecule has 2 aromatic heterocycles. The van der Waals surface area contributed by atoms with Gasteiger partial charge in [-0.05, 0) is 37.8 Å². The lowest BCUT2D eigenvalue weighted by Gasteiger charge is -2.18. The zero-order valence-electron chi connectivity index (χ0n) is 15.9. The van der Waals surface area contributed by atoms with Gasteiger partial charge >= 0.3 is 0 Å². The van der Waals surface area contributed by atoms with E-state index in [-0.39, 0.29) is 17.9 Å². The molecule has 1 atom stereocenters. The molecule has 0 spiro atoms. The zero-order valence-corrected chi connectivity index (χ0v) is 17.5. The number of carbonyl (C=O) groups excluding carboxylic acids is 1.